The summed E-state index contributed by atoms with van der Waals surface area (Å²) in [6.07, 6.45) is 9.61. The minimum absolute atomic E-state index is 0.00125. The van der Waals surface area contributed by atoms with Gasteiger partial charge in [0.25, 0.3) is 5.89 Å². The molecule has 0 spiro atoms. The number of nitrogens with zero attached hydrogens (tertiary/aromatic N) is 5. The third-order valence-electron chi connectivity index (χ3n) is 5.92. The first-order chi connectivity index (χ1) is 16.2. The predicted molar refractivity (Wildman–Crippen MR) is 126 cm³/mol. The van der Waals surface area contributed by atoms with Gasteiger partial charge < -0.3 is 15.1 Å². The van der Waals surface area contributed by atoms with E-state index >= 15 is 0 Å². The highest BCUT2D eigenvalue weighted by Crippen LogP contribution is 2.29. The Bertz CT molecular complexity index is 1360. The van der Waals surface area contributed by atoms with Crippen molar-refractivity contribution in [3.05, 3.63) is 65.0 Å². The topological polar surface area (TPSA) is 101 Å². The van der Waals surface area contributed by atoms with Crippen LogP contribution in [0.3, 0.4) is 0 Å². The molecular formula is C23H23N7O2S. The number of oxazole rings is 1. The van der Waals surface area contributed by atoms with Crippen molar-refractivity contribution in [1.82, 2.24) is 34.9 Å². The monoisotopic (exact) mass is 461 g/mol. The van der Waals surface area contributed by atoms with E-state index in [2.05, 4.69) is 47.6 Å². The Morgan fingerprint density at radius 3 is 2.97 bits per heavy atom. The van der Waals surface area contributed by atoms with Crippen molar-refractivity contribution in [3.63, 3.8) is 0 Å². The average Bonchev–Trinajstić information content (AvgIpc) is 3.55. The Morgan fingerprint density at radius 2 is 2.09 bits per heavy atom. The molecule has 1 aliphatic heterocycles. The molecule has 0 unspecified atom stereocenters. The molecule has 2 aliphatic rings. The molecule has 10 heteroatoms. The summed E-state index contributed by atoms with van der Waals surface area (Å²) in [6, 6.07) is 3.49. The number of piperazine rings is 1. The number of rotatable bonds is 5. The quantitative estimate of drug-likeness (QED) is 0.471. The molecule has 9 nitrogen and oxygen atoms in total. The highest BCUT2D eigenvalue weighted by Gasteiger charge is 2.22. The minimum Gasteiger partial charge on any atom is -0.431 e. The third-order valence-corrected chi connectivity index (χ3v) is 6.80. The van der Waals surface area contributed by atoms with Gasteiger partial charge in [-0.2, -0.15) is 4.98 Å². The van der Waals surface area contributed by atoms with Crippen LogP contribution in [0.1, 0.15) is 34.9 Å². The van der Waals surface area contributed by atoms with Crippen LogP contribution in [0.5, 0.6) is 0 Å². The molecule has 0 saturated carbocycles. The van der Waals surface area contributed by atoms with Crippen molar-refractivity contribution in [2.45, 2.75) is 19.4 Å². The van der Waals surface area contributed by atoms with Crippen LogP contribution in [-0.4, -0.2) is 56.3 Å². The van der Waals surface area contributed by atoms with Gasteiger partial charge in [0, 0.05) is 67.5 Å². The number of amides is 1. The summed E-state index contributed by atoms with van der Waals surface area (Å²) in [5, 5.41) is 8.55. The van der Waals surface area contributed by atoms with E-state index in [1.165, 1.54) is 5.69 Å². The normalized spacial score (nSPS) is 17.3. The molecule has 5 heterocycles. The number of imidazole rings is 1. The Labute approximate surface area is 193 Å². The van der Waals surface area contributed by atoms with Gasteiger partial charge in [0.05, 0.1) is 5.69 Å². The lowest BCUT2D eigenvalue weighted by molar-refractivity contribution is 0.0935. The van der Waals surface area contributed by atoms with Crippen LogP contribution in [-0.2, 0) is 6.54 Å². The number of aromatic nitrogens is 4. The molecule has 0 aromatic carbocycles. The van der Waals surface area contributed by atoms with Gasteiger partial charge in [0.15, 0.2) is 16.2 Å². The van der Waals surface area contributed by atoms with Crippen molar-refractivity contribution in [1.29, 1.82) is 0 Å². The van der Waals surface area contributed by atoms with E-state index in [1.54, 1.807) is 29.7 Å². The van der Waals surface area contributed by atoms with Crippen LogP contribution in [0.2, 0.25) is 0 Å². The summed E-state index contributed by atoms with van der Waals surface area (Å²) in [5.74, 6) is -0.397. The van der Waals surface area contributed by atoms with Crippen LogP contribution >= 0.6 is 11.3 Å². The fraction of sp³-hybridized carbons (Fsp3) is 0.304. The molecule has 2 N–H and O–H groups in total. The van der Waals surface area contributed by atoms with Gasteiger partial charge in [-0.05, 0) is 25.0 Å². The maximum Gasteiger partial charge on any atom is 0.311 e. The van der Waals surface area contributed by atoms with Gasteiger partial charge in [-0.1, -0.05) is 12.2 Å². The van der Waals surface area contributed by atoms with Crippen molar-refractivity contribution >= 4 is 39.0 Å². The van der Waals surface area contributed by atoms with Gasteiger partial charge in [0.2, 0.25) is 0 Å². The van der Waals surface area contributed by atoms with E-state index in [0.29, 0.717) is 11.2 Å². The SMILES string of the molecule is O=C(NC1=CCCC=C1c1cn2c(CN3CCNCC3)csc2n1)c1nc2ncccc2o1. The van der Waals surface area contributed by atoms with Gasteiger partial charge in [-0.15, -0.1) is 11.3 Å². The van der Waals surface area contributed by atoms with E-state index in [1.807, 2.05) is 6.08 Å². The number of thiazole rings is 1. The second-order valence-corrected chi connectivity index (χ2v) is 8.98. The van der Waals surface area contributed by atoms with E-state index in [0.717, 1.165) is 67.5 Å². The molecule has 1 saturated heterocycles. The first kappa shape index (κ1) is 20.3. The van der Waals surface area contributed by atoms with Crippen molar-refractivity contribution in [2.75, 3.05) is 26.2 Å². The minimum atomic E-state index is -0.396. The standard InChI is InChI=1S/C23H23N7O2S/c31-21(22-28-20-19(32-22)6-3-7-25-20)26-17-5-2-1-4-16(17)18-13-30-15(14-33-23(30)27-18)12-29-10-8-24-9-11-29/h3-7,13-14,24H,1-2,8-12H2,(H,26,31). The molecule has 1 amide bonds. The molecule has 1 aliphatic carbocycles. The van der Waals surface area contributed by atoms with Crippen molar-refractivity contribution in [2.24, 2.45) is 0 Å². The number of carbonyl (C=O) groups is 1. The molecule has 4 aromatic rings. The van der Waals surface area contributed by atoms with Crippen LogP contribution in [0.25, 0.3) is 21.8 Å². The Hall–Kier alpha value is -3.34. The van der Waals surface area contributed by atoms with E-state index < -0.39 is 5.91 Å². The summed E-state index contributed by atoms with van der Waals surface area (Å²) in [6.45, 7) is 5.06. The second kappa shape index (κ2) is 8.54. The maximum absolute atomic E-state index is 12.9. The molecule has 168 valence electrons. The molecule has 4 aromatic heterocycles. The summed E-state index contributed by atoms with van der Waals surface area (Å²) in [7, 11) is 0. The number of allylic oxidation sites excluding steroid dienone is 3. The largest absolute Gasteiger partial charge is 0.431 e. The predicted octanol–water partition coefficient (Wildman–Crippen LogP) is 2.83. The molecule has 0 radical (unpaired) electrons. The molecule has 0 atom stereocenters. The first-order valence-electron chi connectivity index (χ1n) is 11.1. The summed E-state index contributed by atoms with van der Waals surface area (Å²) in [4.78, 5) is 29.5. The number of hydrogen-bond donors (Lipinski definition) is 2. The van der Waals surface area contributed by atoms with Gasteiger partial charge in [-0.3, -0.25) is 14.1 Å². The number of nitrogens with one attached hydrogen (secondary N) is 2. The van der Waals surface area contributed by atoms with Crippen LogP contribution in [0, 0.1) is 0 Å². The lowest BCUT2D eigenvalue weighted by Crippen LogP contribution is -2.43. The van der Waals surface area contributed by atoms with Gasteiger partial charge in [-0.25, -0.2) is 9.97 Å². The molecular weight excluding hydrogens is 438 g/mol. The zero-order valence-electron chi connectivity index (χ0n) is 18.0. The summed E-state index contributed by atoms with van der Waals surface area (Å²) in [5.41, 5.74) is 4.66. The Balaban J connectivity index is 1.24. The summed E-state index contributed by atoms with van der Waals surface area (Å²) >= 11 is 1.65. The fourth-order valence-electron chi connectivity index (χ4n) is 4.25. The number of fused-ring (bicyclic) bond motifs is 2. The Kier molecular flexibility index (Phi) is 5.25. The van der Waals surface area contributed by atoms with Crippen LogP contribution in [0.4, 0.5) is 0 Å². The third kappa shape index (κ3) is 3.97. The van der Waals surface area contributed by atoms with Crippen LogP contribution in [0.15, 0.2) is 52.2 Å². The Morgan fingerprint density at radius 1 is 1.21 bits per heavy atom. The van der Waals surface area contributed by atoms with E-state index in [9.17, 15) is 4.79 Å². The fourth-order valence-corrected chi connectivity index (χ4v) is 5.11. The molecule has 1 fully saturated rings. The zero-order valence-corrected chi connectivity index (χ0v) is 18.8. The first-order valence-corrected chi connectivity index (χ1v) is 11.9. The highest BCUT2D eigenvalue weighted by atomic mass is 32.1. The number of carbonyl (C=O) groups excluding carboxylic acids is 1. The molecule has 6 rings (SSSR count). The average molecular weight is 462 g/mol. The van der Waals surface area contributed by atoms with Crippen LogP contribution < -0.4 is 10.6 Å². The number of hydrogen-bond acceptors (Lipinski definition) is 8. The smallest absolute Gasteiger partial charge is 0.311 e. The molecule has 33 heavy (non-hydrogen) atoms. The lowest BCUT2D eigenvalue weighted by atomic mass is 10.0. The summed E-state index contributed by atoms with van der Waals surface area (Å²) < 4.78 is 7.75. The maximum atomic E-state index is 12.9. The van der Waals surface area contributed by atoms with Gasteiger partial charge in [0.1, 0.15) is 0 Å². The second-order valence-electron chi connectivity index (χ2n) is 8.14. The highest BCUT2D eigenvalue weighted by molar-refractivity contribution is 7.15. The van der Waals surface area contributed by atoms with E-state index in [4.69, 9.17) is 9.40 Å². The lowest BCUT2D eigenvalue weighted by Gasteiger charge is -2.26. The van der Waals surface area contributed by atoms with Gasteiger partial charge >= 0.3 is 5.91 Å². The molecule has 0 bridgehead atoms. The zero-order chi connectivity index (χ0) is 22.2. The van der Waals surface area contributed by atoms with Crippen molar-refractivity contribution in [3.8, 4) is 0 Å². The number of pyridine rings is 1. The van der Waals surface area contributed by atoms with Crippen molar-refractivity contribution < 1.29 is 9.21 Å². The van der Waals surface area contributed by atoms with E-state index in [-0.39, 0.29) is 5.89 Å².